The molecule has 3 N–H and O–H groups in total. The van der Waals surface area contributed by atoms with E-state index in [4.69, 9.17) is 16.6 Å². The summed E-state index contributed by atoms with van der Waals surface area (Å²) in [7, 11) is 0. The quantitative estimate of drug-likeness (QED) is 0.483. The van der Waals surface area contributed by atoms with Crippen LogP contribution in [0.4, 0.5) is 5.69 Å². The minimum absolute atomic E-state index is 0.459. The van der Waals surface area contributed by atoms with Gasteiger partial charge in [-0.3, -0.25) is 10.9 Å². The molecule has 1 heterocycles. The third-order valence-corrected chi connectivity index (χ3v) is 3.90. The van der Waals surface area contributed by atoms with E-state index in [1.54, 1.807) is 0 Å². The van der Waals surface area contributed by atoms with Gasteiger partial charge < -0.3 is 9.73 Å². The zero-order valence-corrected chi connectivity index (χ0v) is 14.5. The van der Waals surface area contributed by atoms with E-state index in [1.165, 1.54) is 5.56 Å². The molecule has 0 atom stereocenters. The Morgan fingerprint density at radius 2 is 1.83 bits per heavy atom. The van der Waals surface area contributed by atoms with Crippen molar-refractivity contribution in [1.82, 2.24) is 10.9 Å². The summed E-state index contributed by atoms with van der Waals surface area (Å²) in [6.45, 7) is 8.05. The maximum absolute atomic E-state index is 5.75. The number of hydrazine groups is 1. The Bertz CT molecular complexity index is 881. The largest absolute Gasteiger partial charge is 0.454 e. The first-order valence-corrected chi connectivity index (χ1v) is 8.02. The van der Waals surface area contributed by atoms with E-state index < -0.39 is 0 Å². The summed E-state index contributed by atoms with van der Waals surface area (Å²) in [6, 6.07) is 15.9. The van der Waals surface area contributed by atoms with Crippen LogP contribution in [0, 0.1) is 13.8 Å². The number of hydrogen-bond donors (Lipinski definition) is 3. The predicted molar refractivity (Wildman–Crippen MR) is 104 cm³/mol. The second-order valence-corrected chi connectivity index (χ2v) is 6.06. The average Bonchev–Trinajstić information content (AvgIpc) is 3.00. The summed E-state index contributed by atoms with van der Waals surface area (Å²) >= 11 is 5.32. The van der Waals surface area contributed by atoms with Crippen molar-refractivity contribution in [2.75, 3.05) is 5.32 Å². The minimum Gasteiger partial charge on any atom is -0.454 e. The normalized spacial score (nSPS) is 10.4. The summed E-state index contributed by atoms with van der Waals surface area (Å²) in [5, 5.41) is 4.66. The molecule has 0 saturated carbocycles. The third kappa shape index (κ3) is 3.58. The van der Waals surface area contributed by atoms with E-state index in [1.807, 2.05) is 44.2 Å². The Hall–Kier alpha value is -2.79. The third-order valence-electron chi connectivity index (χ3n) is 3.69. The van der Waals surface area contributed by atoms with Gasteiger partial charge in [-0.2, -0.15) is 0 Å². The highest BCUT2D eigenvalue weighted by atomic mass is 32.1. The van der Waals surface area contributed by atoms with E-state index in [0.717, 1.165) is 22.2 Å². The number of aryl methyl sites for hydroxylation is 2. The van der Waals surface area contributed by atoms with Gasteiger partial charge in [0.25, 0.3) is 0 Å². The highest BCUT2D eigenvalue weighted by Crippen LogP contribution is 2.22. The number of fused-ring (bicyclic) bond motifs is 1. The average molecular weight is 337 g/mol. The summed E-state index contributed by atoms with van der Waals surface area (Å²) < 4.78 is 5.75. The first kappa shape index (κ1) is 16.1. The fraction of sp³-hybridized carbons (Fsp3) is 0.105. The molecule has 0 radical (unpaired) electrons. The molecule has 5 heteroatoms. The number of benzene rings is 2. The number of anilines is 1. The second-order valence-electron chi connectivity index (χ2n) is 5.65. The number of rotatable bonds is 4. The van der Waals surface area contributed by atoms with E-state index in [-0.39, 0.29) is 0 Å². The summed E-state index contributed by atoms with van der Waals surface area (Å²) in [6.07, 6.45) is 0. The summed E-state index contributed by atoms with van der Waals surface area (Å²) in [5.74, 6) is 0.665. The molecule has 0 bridgehead atoms. The molecular formula is C19H19N3OS. The maximum atomic E-state index is 5.75. The Morgan fingerprint density at radius 1 is 1.04 bits per heavy atom. The van der Waals surface area contributed by atoms with Crippen LogP contribution in [-0.2, 0) is 0 Å². The highest BCUT2D eigenvalue weighted by molar-refractivity contribution is 7.80. The fourth-order valence-corrected chi connectivity index (χ4v) is 2.51. The topological polar surface area (TPSA) is 49.2 Å². The molecule has 0 fully saturated rings. The zero-order chi connectivity index (χ0) is 17.1. The molecule has 122 valence electrons. The Morgan fingerprint density at radius 3 is 2.62 bits per heavy atom. The molecule has 1 aromatic heterocycles. The van der Waals surface area contributed by atoms with Gasteiger partial charge in [0.1, 0.15) is 5.58 Å². The number of para-hydroxylation sites is 1. The number of nitrogens with one attached hydrogen (secondary N) is 3. The molecule has 2 aromatic carbocycles. The van der Waals surface area contributed by atoms with Crippen molar-refractivity contribution in [3.8, 4) is 0 Å². The molecule has 0 aliphatic carbocycles. The van der Waals surface area contributed by atoms with Crippen molar-refractivity contribution in [2.45, 2.75) is 13.8 Å². The maximum Gasteiger partial charge on any atom is 0.189 e. The van der Waals surface area contributed by atoms with Crippen LogP contribution in [0.15, 0.2) is 59.5 Å². The van der Waals surface area contributed by atoms with Crippen molar-refractivity contribution in [1.29, 1.82) is 0 Å². The van der Waals surface area contributed by atoms with E-state index in [2.05, 4.69) is 40.9 Å². The van der Waals surface area contributed by atoms with Crippen molar-refractivity contribution in [3.05, 3.63) is 72.0 Å². The van der Waals surface area contributed by atoms with Crippen molar-refractivity contribution < 1.29 is 4.42 Å². The predicted octanol–water partition coefficient (Wildman–Crippen LogP) is 4.51. The van der Waals surface area contributed by atoms with Crippen molar-refractivity contribution >= 4 is 39.7 Å². The SMILES string of the molecule is C=C(NNC(=S)Nc1cc(C)ccc1C)c1cc2ccccc2o1. The van der Waals surface area contributed by atoms with Crippen LogP contribution in [0.2, 0.25) is 0 Å². The van der Waals surface area contributed by atoms with Gasteiger partial charge in [-0.05, 0) is 55.4 Å². The summed E-state index contributed by atoms with van der Waals surface area (Å²) in [4.78, 5) is 0. The minimum atomic E-state index is 0.459. The van der Waals surface area contributed by atoms with Gasteiger partial charge in [0.2, 0.25) is 0 Å². The van der Waals surface area contributed by atoms with Gasteiger partial charge in [-0.15, -0.1) is 0 Å². The van der Waals surface area contributed by atoms with E-state index in [0.29, 0.717) is 16.6 Å². The molecular weight excluding hydrogens is 318 g/mol. The lowest BCUT2D eigenvalue weighted by Gasteiger charge is -2.14. The van der Waals surface area contributed by atoms with E-state index >= 15 is 0 Å². The number of furan rings is 1. The summed E-state index contributed by atoms with van der Waals surface area (Å²) in [5.41, 5.74) is 10.6. The van der Waals surface area contributed by atoms with Crippen molar-refractivity contribution in [3.63, 3.8) is 0 Å². The molecule has 3 rings (SSSR count). The Labute approximate surface area is 146 Å². The lowest BCUT2D eigenvalue weighted by Crippen LogP contribution is -2.38. The van der Waals surface area contributed by atoms with Gasteiger partial charge in [0, 0.05) is 11.1 Å². The van der Waals surface area contributed by atoms with E-state index in [9.17, 15) is 0 Å². The Kier molecular flexibility index (Phi) is 4.53. The monoisotopic (exact) mass is 337 g/mol. The van der Waals surface area contributed by atoms with Crippen LogP contribution in [0.5, 0.6) is 0 Å². The van der Waals surface area contributed by atoms with Crippen LogP contribution in [0.25, 0.3) is 16.7 Å². The Balaban J connectivity index is 1.61. The van der Waals surface area contributed by atoms with Crippen LogP contribution in [0.1, 0.15) is 16.9 Å². The molecule has 0 amide bonds. The first-order chi connectivity index (χ1) is 11.5. The molecule has 0 spiro atoms. The van der Waals surface area contributed by atoms with Gasteiger partial charge in [0.15, 0.2) is 10.9 Å². The lowest BCUT2D eigenvalue weighted by molar-refractivity contribution is 0.590. The molecule has 0 saturated heterocycles. The zero-order valence-electron chi connectivity index (χ0n) is 13.6. The van der Waals surface area contributed by atoms with Gasteiger partial charge in [-0.25, -0.2) is 0 Å². The van der Waals surface area contributed by atoms with Crippen LogP contribution < -0.4 is 16.2 Å². The van der Waals surface area contributed by atoms with Gasteiger partial charge in [-0.1, -0.05) is 36.9 Å². The molecule has 24 heavy (non-hydrogen) atoms. The molecule has 4 nitrogen and oxygen atoms in total. The van der Waals surface area contributed by atoms with Gasteiger partial charge >= 0.3 is 0 Å². The molecule has 3 aromatic rings. The number of thiocarbonyl (C=S) groups is 1. The first-order valence-electron chi connectivity index (χ1n) is 7.61. The van der Waals surface area contributed by atoms with Gasteiger partial charge in [0.05, 0.1) is 5.70 Å². The second kappa shape index (κ2) is 6.76. The van der Waals surface area contributed by atoms with Crippen LogP contribution in [-0.4, -0.2) is 5.11 Å². The molecule has 0 unspecified atom stereocenters. The van der Waals surface area contributed by atoms with Crippen LogP contribution in [0.3, 0.4) is 0 Å². The highest BCUT2D eigenvalue weighted by Gasteiger charge is 2.07. The molecule has 0 aliphatic rings. The van der Waals surface area contributed by atoms with Crippen molar-refractivity contribution in [2.24, 2.45) is 0 Å². The standard InChI is InChI=1S/C19H19N3OS/c1-12-8-9-13(2)16(10-12)20-19(24)22-21-14(3)18-11-15-6-4-5-7-17(15)23-18/h4-11,21H,3H2,1-2H3,(H2,20,22,24). The molecule has 0 aliphatic heterocycles. The van der Waals surface area contributed by atoms with Crippen LogP contribution >= 0.6 is 12.2 Å². The fourth-order valence-electron chi connectivity index (χ4n) is 2.35. The number of hydrogen-bond acceptors (Lipinski definition) is 3. The lowest BCUT2D eigenvalue weighted by atomic mass is 10.1. The smallest absolute Gasteiger partial charge is 0.189 e.